The number of hydrogen-bond acceptors (Lipinski definition) is 5. The second-order valence-electron chi connectivity index (χ2n) is 8.59. The number of nitrogens with zero attached hydrogens (tertiary/aromatic N) is 2. The fourth-order valence-corrected chi connectivity index (χ4v) is 6.38. The van der Waals surface area contributed by atoms with E-state index >= 15 is 0 Å². The molecule has 0 radical (unpaired) electrons. The lowest BCUT2D eigenvalue weighted by molar-refractivity contribution is -0.139. The molecule has 3 rings (SSSR count). The zero-order chi connectivity index (χ0) is 28.0. The monoisotopic (exact) mass is 665 g/mol. The van der Waals surface area contributed by atoms with Crippen molar-refractivity contribution < 1.29 is 22.7 Å². The average molecular weight is 667 g/mol. The molecule has 0 saturated heterocycles. The number of likely N-dealkylation sites (N-methyl/N-ethyl adjacent to an activating group) is 1. The maximum absolute atomic E-state index is 13.9. The molecule has 2 amide bonds. The van der Waals surface area contributed by atoms with E-state index in [0.29, 0.717) is 15.9 Å². The maximum atomic E-state index is 13.9. The van der Waals surface area contributed by atoms with Gasteiger partial charge in [0, 0.05) is 18.1 Å². The van der Waals surface area contributed by atoms with Gasteiger partial charge in [0.1, 0.15) is 18.3 Å². The van der Waals surface area contributed by atoms with E-state index in [2.05, 4.69) is 37.2 Å². The van der Waals surface area contributed by atoms with E-state index in [4.69, 9.17) is 4.74 Å². The SMILES string of the molecule is CNC(=O)[C@@H](C)N(Cc1cccc(Br)c1)C(=O)CN(c1ccc(C)cc1)S(=O)(=O)c1ccc(OC)c(Br)c1. The largest absolute Gasteiger partial charge is 0.496 e. The molecule has 0 aliphatic heterocycles. The summed E-state index contributed by atoms with van der Waals surface area (Å²) in [5.74, 6) is -0.420. The van der Waals surface area contributed by atoms with Gasteiger partial charge in [0.15, 0.2) is 0 Å². The molecule has 1 atom stereocenters. The van der Waals surface area contributed by atoms with Gasteiger partial charge in [0.05, 0.1) is 22.2 Å². The number of benzene rings is 3. The van der Waals surface area contributed by atoms with Gasteiger partial charge in [-0.1, -0.05) is 45.8 Å². The van der Waals surface area contributed by atoms with Crippen molar-refractivity contribution in [3.8, 4) is 5.75 Å². The highest BCUT2D eigenvalue weighted by Crippen LogP contribution is 2.31. The number of carbonyl (C=O) groups is 2. The van der Waals surface area contributed by atoms with Crippen molar-refractivity contribution in [2.24, 2.45) is 0 Å². The van der Waals surface area contributed by atoms with Crippen molar-refractivity contribution in [3.63, 3.8) is 0 Å². The first-order valence-corrected chi connectivity index (χ1v) is 14.7. The van der Waals surface area contributed by atoms with E-state index in [-0.39, 0.29) is 17.3 Å². The quantitative estimate of drug-likeness (QED) is 0.333. The Morgan fingerprint density at radius 2 is 1.71 bits per heavy atom. The number of rotatable bonds is 10. The number of hydrogen-bond donors (Lipinski definition) is 1. The molecule has 0 aliphatic rings. The third-order valence-electron chi connectivity index (χ3n) is 5.97. The fraction of sp³-hybridized carbons (Fsp3) is 0.259. The van der Waals surface area contributed by atoms with Gasteiger partial charge in [0.25, 0.3) is 10.0 Å². The highest BCUT2D eigenvalue weighted by atomic mass is 79.9. The molecule has 0 saturated carbocycles. The van der Waals surface area contributed by atoms with Gasteiger partial charge >= 0.3 is 0 Å². The number of nitrogens with one attached hydrogen (secondary N) is 1. The van der Waals surface area contributed by atoms with Crippen LogP contribution in [0.2, 0.25) is 0 Å². The van der Waals surface area contributed by atoms with Crippen LogP contribution in [0.1, 0.15) is 18.1 Å². The van der Waals surface area contributed by atoms with E-state index in [0.717, 1.165) is 19.9 Å². The second kappa shape index (κ2) is 12.8. The number of amides is 2. The number of ether oxygens (including phenoxy) is 1. The summed E-state index contributed by atoms with van der Waals surface area (Å²) in [5.41, 5.74) is 2.05. The lowest BCUT2D eigenvalue weighted by Crippen LogP contribution is -2.50. The van der Waals surface area contributed by atoms with Gasteiger partial charge in [-0.2, -0.15) is 0 Å². The van der Waals surface area contributed by atoms with Crippen LogP contribution in [0, 0.1) is 6.92 Å². The van der Waals surface area contributed by atoms with E-state index in [1.165, 1.54) is 31.2 Å². The number of carbonyl (C=O) groups excluding carboxylic acids is 2. The predicted molar refractivity (Wildman–Crippen MR) is 155 cm³/mol. The molecule has 3 aromatic rings. The molecule has 0 unspecified atom stereocenters. The molecule has 0 spiro atoms. The van der Waals surface area contributed by atoms with Crippen LogP contribution in [0.5, 0.6) is 5.75 Å². The topological polar surface area (TPSA) is 96.0 Å². The van der Waals surface area contributed by atoms with E-state index < -0.39 is 28.5 Å². The Morgan fingerprint density at radius 1 is 1.03 bits per heavy atom. The first-order valence-electron chi connectivity index (χ1n) is 11.7. The van der Waals surface area contributed by atoms with Crippen molar-refractivity contribution in [2.75, 3.05) is 25.0 Å². The molecule has 0 heterocycles. The summed E-state index contributed by atoms with van der Waals surface area (Å²) < 4.78 is 35.4. The minimum atomic E-state index is -4.18. The summed E-state index contributed by atoms with van der Waals surface area (Å²) in [6, 6.07) is 17.8. The minimum absolute atomic E-state index is 0.0172. The molecule has 38 heavy (non-hydrogen) atoms. The number of halogens is 2. The normalized spacial score (nSPS) is 11.9. The molecular weight excluding hydrogens is 638 g/mol. The Morgan fingerprint density at radius 3 is 2.29 bits per heavy atom. The zero-order valence-corrected chi connectivity index (χ0v) is 25.4. The molecule has 202 valence electrons. The molecule has 0 aliphatic carbocycles. The molecule has 0 aromatic heterocycles. The summed E-state index contributed by atoms with van der Waals surface area (Å²) in [6.07, 6.45) is 0. The number of aryl methyl sites for hydroxylation is 1. The molecule has 3 aromatic carbocycles. The summed E-state index contributed by atoms with van der Waals surface area (Å²) >= 11 is 6.77. The highest BCUT2D eigenvalue weighted by Gasteiger charge is 2.32. The van der Waals surface area contributed by atoms with Crippen molar-refractivity contribution in [1.29, 1.82) is 0 Å². The smallest absolute Gasteiger partial charge is 0.264 e. The highest BCUT2D eigenvalue weighted by molar-refractivity contribution is 9.10. The van der Waals surface area contributed by atoms with Crippen LogP contribution >= 0.6 is 31.9 Å². The zero-order valence-electron chi connectivity index (χ0n) is 21.4. The van der Waals surface area contributed by atoms with Gasteiger partial charge < -0.3 is 15.0 Å². The van der Waals surface area contributed by atoms with Crippen LogP contribution in [0.15, 0.2) is 80.6 Å². The van der Waals surface area contributed by atoms with Gasteiger partial charge in [-0.15, -0.1) is 0 Å². The predicted octanol–water partition coefficient (Wildman–Crippen LogP) is 4.89. The third-order valence-corrected chi connectivity index (χ3v) is 8.85. The molecule has 0 fully saturated rings. The van der Waals surface area contributed by atoms with Crippen molar-refractivity contribution in [3.05, 3.63) is 86.8 Å². The maximum Gasteiger partial charge on any atom is 0.264 e. The first kappa shape index (κ1) is 29.7. The van der Waals surface area contributed by atoms with Gasteiger partial charge in [-0.05, 0) is 77.8 Å². The van der Waals surface area contributed by atoms with Crippen molar-refractivity contribution in [2.45, 2.75) is 31.3 Å². The van der Waals surface area contributed by atoms with E-state index in [1.807, 2.05) is 31.2 Å². The minimum Gasteiger partial charge on any atom is -0.496 e. The van der Waals surface area contributed by atoms with Gasteiger partial charge in [-0.25, -0.2) is 8.42 Å². The Kier molecular flexibility index (Phi) is 9.97. The standard InChI is InChI=1S/C27H29Br2N3O5S/c1-18-8-10-22(11-9-18)32(38(35,36)23-12-13-25(37-4)24(29)15-23)17-26(33)31(19(2)27(34)30-3)16-20-6-5-7-21(28)14-20/h5-15,19H,16-17H2,1-4H3,(H,30,34)/t19-/m1/s1. The Labute approximate surface area is 240 Å². The third kappa shape index (κ3) is 6.95. The summed E-state index contributed by atoms with van der Waals surface area (Å²) in [7, 11) is -1.21. The Hall–Kier alpha value is -2.89. The van der Waals surface area contributed by atoms with Gasteiger partial charge in [-0.3, -0.25) is 13.9 Å². The van der Waals surface area contributed by atoms with E-state index in [1.54, 1.807) is 37.3 Å². The van der Waals surface area contributed by atoms with E-state index in [9.17, 15) is 18.0 Å². The van der Waals surface area contributed by atoms with Crippen LogP contribution in [0.25, 0.3) is 0 Å². The lowest BCUT2D eigenvalue weighted by Gasteiger charge is -2.32. The van der Waals surface area contributed by atoms with Crippen LogP contribution < -0.4 is 14.4 Å². The fourth-order valence-electron chi connectivity index (χ4n) is 3.80. The summed E-state index contributed by atoms with van der Waals surface area (Å²) in [4.78, 5) is 27.7. The Bertz CT molecular complexity index is 1410. The second-order valence-corrected chi connectivity index (χ2v) is 12.2. The summed E-state index contributed by atoms with van der Waals surface area (Å²) in [5, 5.41) is 2.57. The van der Waals surface area contributed by atoms with Crippen LogP contribution in [0.4, 0.5) is 5.69 Å². The Balaban J connectivity index is 2.05. The summed E-state index contributed by atoms with van der Waals surface area (Å²) in [6.45, 7) is 3.10. The van der Waals surface area contributed by atoms with Gasteiger partial charge in [0.2, 0.25) is 11.8 Å². The molecule has 8 nitrogen and oxygen atoms in total. The molecule has 1 N–H and O–H groups in total. The van der Waals surface area contributed by atoms with Crippen LogP contribution in [-0.2, 0) is 26.2 Å². The molecule has 0 bridgehead atoms. The number of sulfonamides is 1. The lowest BCUT2D eigenvalue weighted by atomic mass is 10.1. The number of methoxy groups -OCH3 is 1. The average Bonchev–Trinajstić information content (AvgIpc) is 2.89. The van der Waals surface area contributed by atoms with Crippen molar-refractivity contribution >= 4 is 59.4 Å². The number of anilines is 1. The molecule has 11 heteroatoms. The van der Waals surface area contributed by atoms with Crippen LogP contribution in [0.3, 0.4) is 0 Å². The first-order chi connectivity index (χ1) is 18.0. The molecular formula is C27H29Br2N3O5S. The van der Waals surface area contributed by atoms with Crippen molar-refractivity contribution in [1.82, 2.24) is 10.2 Å². The van der Waals surface area contributed by atoms with Crippen LogP contribution in [-0.4, -0.2) is 51.9 Å².